The number of aliphatic hydroxyl groups excluding tert-OH is 1. The van der Waals surface area contributed by atoms with E-state index in [1.165, 1.54) is 12.3 Å². The second kappa shape index (κ2) is 8.93. The Hall–Kier alpha value is -3.78. The maximum atomic E-state index is 14.8. The molecule has 31 heavy (non-hydrogen) atoms. The zero-order valence-electron chi connectivity index (χ0n) is 16.6. The van der Waals surface area contributed by atoms with Gasteiger partial charge in [-0.05, 0) is 42.0 Å². The van der Waals surface area contributed by atoms with Gasteiger partial charge in [-0.15, -0.1) is 0 Å². The molecule has 1 aliphatic rings. The first-order valence-corrected chi connectivity index (χ1v) is 9.88. The Kier molecular flexibility index (Phi) is 5.90. The van der Waals surface area contributed by atoms with Crippen molar-refractivity contribution in [2.45, 2.75) is 6.42 Å². The minimum atomic E-state index is -0.520. The summed E-state index contributed by atoms with van der Waals surface area (Å²) in [6.07, 6.45) is 3.59. The van der Waals surface area contributed by atoms with Crippen LogP contribution in [0.1, 0.15) is 37.7 Å². The summed E-state index contributed by atoms with van der Waals surface area (Å²) < 4.78 is 14.8. The van der Waals surface area contributed by atoms with Crippen LogP contribution in [0.4, 0.5) is 4.39 Å². The van der Waals surface area contributed by atoms with Crippen LogP contribution >= 0.6 is 0 Å². The summed E-state index contributed by atoms with van der Waals surface area (Å²) in [5.41, 5.74) is 4.11. The molecule has 4 N–H and O–H groups in total. The number of nitrogens with zero attached hydrogens (tertiary/aromatic N) is 1. The van der Waals surface area contributed by atoms with Crippen molar-refractivity contribution in [3.63, 3.8) is 0 Å². The Morgan fingerprint density at radius 2 is 2.03 bits per heavy atom. The lowest BCUT2D eigenvalue weighted by molar-refractivity contribution is 0.0937. The summed E-state index contributed by atoms with van der Waals surface area (Å²) in [6, 6.07) is 11.6. The van der Waals surface area contributed by atoms with Gasteiger partial charge in [-0.25, -0.2) is 4.39 Å². The molecule has 2 amide bonds. The molecular weight excluding hydrogens is 399 g/mol. The standard InChI is InChI=1S/C23H21FN4O3/c24-18(11-14-1-3-15(4-2-14)22(30)27-9-10-29)21-12-16(5-7-25-21)20-13-17-19(28-20)6-8-26-23(17)31/h1-5,7,11-13,28-29H,6,8-10H2,(H,26,31)(H,27,30). The van der Waals surface area contributed by atoms with E-state index < -0.39 is 5.83 Å². The number of halogens is 1. The molecule has 0 spiro atoms. The Balaban J connectivity index is 1.54. The van der Waals surface area contributed by atoms with Crippen LogP contribution in [0.5, 0.6) is 0 Å². The molecule has 158 valence electrons. The molecule has 1 aliphatic heterocycles. The van der Waals surface area contributed by atoms with Gasteiger partial charge < -0.3 is 20.7 Å². The van der Waals surface area contributed by atoms with Crippen molar-refractivity contribution in [1.29, 1.82) is 0 Å². The van der Waals surface area contributed by atoms with Gasteiger partial charge in [0.1, 0.15) is 5.83 Å². The van der Waals surface area contributed by atoms with Crippen molar-refractivity contribution in [3.05, 3.63) is 76.7 Å². The number of fused-ring (bicyclic) bond motifs is 1. The van der Waals surface area contributed by atoms with Crippen LogP contribution in [-0.2, 0) is 6.42 Å². The van der Waals surface area contributed by atoms with Crippen LogP contribution < -0.4 is 10.6 Å². The number of aromatic amines is 1. The number of pyridine rings is 1. The highest BCUT2D eigenvalue weighted by Crippen LogP contribution is 2.27. The summed E-state index contributed by atoms with van der Waals surface area (Å²) in [5, 5.41) is 14.1. The summed E-state index contributed by atoms with van der Waals surface area (Å²) in [7, 11) is 0. The molecule has 1 aromatic carbocycles. The van der Waals surface area contributed by atoms with Crippen LogP contribution in [-0.4, -0.2) is 46.6 Å². The second-order valence-corrected chi connectivity index (χ2v) is 7.10. The van der Waals surface area contributed by atoms with Crippen LogP contribution in [0.2, 0.25) is 0 Å². The average Bonchev–Trinajstić information content (AvgIpc) is 3.24. The van der Waals surface area contributed by atoms with Gasteiger partial charge in [-0.3, -0.25) is 14.6 Å². The normalized spacial score (nSPS) is 13.5. The number of carbonyl (C=O) groups excluding carboxylic acids is 2. The third-order valence-electron chi connectivity index (χ3n) is 4.98. The number of benzene rings is 1. The van der Waals surface area contributed by atoms with Gasteiger partial charge in [0.25, 0.3) is 11.8 Å². The third kappa shape index (κ3) is 4.54. The van der Waals surface area contributed by atoms with E-state index in [1.807, 2.05) is 0 Å². The number of rotatable bonds is 6. The van der Waals surface area contributed by atoms with E-state index in [1.54, 1.807) is 42.5 Å². The van der Waals surface area contributed by atoms with Crippen molar-refractivity contribution < 1.29 is 19.1 Å². The first-order valence-electron chi connectivity index (χ1n) is 9.88. The van der Waals surface area contributed by atoms with Crippen molar-refractivity contribution in [1.82, 2.24) is 20.6 Å². The van der Waals surface area contributed by atoms with Gasteiger partial charge >= 0.3 is 0 Å². The lowest BCUT2D eigenvalue weighted by atomic mass is 10.1. The Morgan fingerprint density at radius 1 is 1.23 bits per heavy atom. The number of nitrogens with one attached hydrogen (secondary N) is 3. The molecule has 8 heteroatoms. The highest BCUT2D eigenvalue weighted by molar-refractivity contribution is 5.98. The number of aromatic nitrogens is 2. The van der Waals surface area contributed by atoms with Crippen molar-refractivity contribution >= 4 is 23.7 Å². The minimum absolute atomic E-state index is 0.113. The highest BCUT2D eigenvalue weighted by Gasteiger charge is 2.20. The van der Waals surface area contributed by atoms with Gasteiger partial charge in [0, 0.05) is 48.2 Å². The SMILES string of the molecule is O=C(NCCO)c1ccc(C=C(F)c2cc(-c3cc4c([nH]3)CCNC4=O)ccn2)cc1. The van der Waals surface area contributed by atoms with E-state index >= 15 is 0 Å². The number of amides is 2. The van der Waals surface area contributed by atoms with E-state index in [4.69, 9.17) is 5.11 Å². The molecule has 0 atom stereocenters. The maximum Gasteiger partial charge on any atom is 0.253 e. The summed E-state index contributed by atoms with van der Waals surface area (Å²) in [5.74, 6) is -0.937. The zero-order valence-corrected chi connectivity index (χ0v) is 16.6. The fraction of sp³-hybridized carbons (Fsp3) is 0.174. The average molecular weight is 420 g/mol. The monoisotopic (exact) mass is 420 g/mol. The quantitative estimate of drug-likeness (QED) is 0.492. The maximum absolute atomic E-state index is 14.8. The van der Waals surface area contributed by atoms with Gasteiger partial charge in [-0.2, -0.15) is 0 Å². The van der Waals surface area contributed by atoms with Crippen molar-refractivity contribution in [2.24, 2.45) is 0 Å². The number of carbonyl (C=O) groups is 2. The lowest BCUT2D eigenvalue weighted by Gasteiger charge is -2.10. The molecule has 0 fully saturated rings. The fourth-order valence-electron chi connectivity index (χ4n) is 3.40. The fourth-order valence-corrected chi connectivity index (χ4v) is 3.40. The largest absolute Gasteiger partial charge is 0.395 e. The predicted octanol–water partition coefficient (Wildman–Crippen LogP) is 2.55. The number of hydrogen-bond donors (Lipinski definition) is 4. The van der Waals surface area contributed by atoms with Crippen LogP contribution in [0.15, 0.2) is 48.7 Å². The van der Waals surface area contributed by atoms with E-state index in [2.05, 4.69) is 20.6 Å². The van der Waals surface area contributed by atoms with Crippen LogP contribution in [0.3, 0.4) is 0 Å². The van der Waals surface area contributed by atoms with E-state index in [9.17, 15) is 14.0 Å². The summed E-state index contributed by atoms with van der Waals surface area (Å²) in [4.78, 5) is 31.2. The lowest BCUT2D eigenvalue weighted by Crippen LogP contribution is -2.31. The second-order valence-electron chi connectivity index (χ2n) is 7.10. The predicted molar refractivity (Wildman–Crippen MR) is 115 cm³/mol. The zero-order chi connectivity index (χ0) is 21.8. The first-order chi connectivity index (χ1) is 15.0. The van der Waals surface area contributed by atoms with Crippen molar-refractivity contribution in [3.8, 4) is 11.3 Å². The topological polar surface area (TPSA) is 107 Å². The Bertz CT molecular complexity index is 1150. The van der Waals surface area contributed by atoms with Crippen LogP contribution in [0, 0.1) is 0 Å². The molecule has 0 aliphatic carbocycles. The molecule has 0 unspecified atom stereocenters. The van der Waals surface area contributed by atoms with Gasteiger partial charge in [0.05, 0.1) is 17.9 Å². The Morgan fingerprint density at radius 3 is 2.77 bits per heavy atom. The Labute approximate surface area is 178 Å². The van der Waals surface area contributed by atoms with Crippen LogP contribution in [0.25, 0.3) is 23.2 Å². The third-order valence-corrected chi connectivity index (χ3v) is 4.98. The van der Waals surface area contributed by atoms with Gasteiger partial charge in [-0.1, -0.05) is 12.1 Å². The van der Waals surface area contributed by atoms with Gasteiger partial charge in [0.2, 0.25) is 0 Å². The number of aliphatic hydroxyl groups is 1. The molecule has 4 rings (SSSR count). The van der Waals surface area contributed by atoms with E-state index in [0.717, 1.165) is 23.4 Å². The smallest absolute Gasteiger partial charge is 0.253 e. The molecule has 0 bridgehead atoms. The molecule has 2 aromatic heterocycles. The van der Waals surface area contributed by atoms with Crippen molar-refractivity contribution in [2.75, 3.05) is 19.7 Å². The molecule has 3 aromatic rings. The molecular formula is C23H21FN4O3. The van der Waals surface area contributed by atoms with E-state index in [-0.39, 0.29) is 30.7 Å². The van der Waals surface area contributed by atoms with Gasteiger partial charge in [0.15, 0.2) is 0 Å². The molecule has 0 saturated carbocycles. The first kappa shape index (κ1) is 20.5. The molecule has 0 radical (unpaired) electrons. The van der Waals surface area contributed by atoms with E-state index in [0.29, 0.717) is 23.2 Å². The number of H-pyrrole nitrogens is 1. The number of hydrogen-bond acceptors (Lipinski definition) is 4. The summed E-state index contributed by atoms with van der Waals surface area (Å²) in [6.45, 7) is 0.625. The highest BCUT2D eigenvalue weighted by atomic mass is 19.1. The molecule has 0 saturated heterocycles. The molecule has 7 nitrogen and oxygen atoms in total. The summed E-state index contributed by atoms with van der Waals surface area (Å²) >= 11 is 0. The minimum Gasteiger partial charge on any atom is -0.395 e. The molecule has 3 heterocycles.